The van der Waals surface area contributed by atoms with Crippen LogP contribution in [0, 0.1) is 5.92 Å². The summed E-state index contributed by atoms with van der Waals surface area (Å²) in [6, 6.07) is 0. The van der Waals surface area contributed by atoms with Crippen LogP contribution in [0.1, 0.15) is 39.3 Å². The smallest absolute Gasteiger partial charge is 0.410 e. The molecule has 1 N–H and O–H groups in total. The molecule has 0 unspecified atom stereocenters. The number of hydrogen-bond donors (Lipinski definition) is 1. The molecule has 1 aromatic heterocycles. The average Bonchev–Trinajstić information content (AvgIpc) is 2.54. The number of carbonyl (C=O) groups excluding carboxylic acids is 1. The molecule has 6 nitrogen and oxygen atoms in total. The van der Waals surface area contributed by atoms with Crippen molar-refractivity contribution in [2.24, 2.45) is 5.92 Å². The summed E-state index contributed by atoms with van der Waals surface area (Å²) >= 11 is 1.61. The Morgan fingerprint density at radius 2 is 2.17 bits per heavy atom. The molecule has 1 aliphatic rings. The number of piperidine rings is 1. The van der Waals surface area contributed by atoms with E-state index in [-0.39, 0.29) is 6.09 Å². The molecule has 0 radical (unpaired) electrons. The van der Waals surface area contributed by atoms with Crippen molar-refractivity contribution < 1.29 is 9.53 Å². The topological polar surface area (TPSA) is 67.4 Å². The van der Waals surface area contributed by atoms with Crippen LogP contribution >= 0.6 is 11.8 Å². The maximum absolute atomic E-state index is 12.2. The predicted molar refractivity (Wildman–Crippen MR) is 96.1 cm³/mol. The van der Waals surface area contributed by atoms with Crippen LogP contribution in [-0.2, 0) is 11.3 Å². The van der Waals surface area contributed by atoms with Crippen LogP contribution in [0.15, 0.2) is 17.4 Å². The summed E-state index contributed by atoms with van der Waals surface area (Å²) in [6.45, 7) is 8.80. The van der Waals surface area contributed by atoms with Crippen LogP contribution in [-0.4, -0.2) is 52.5 Å². The Hall–Kier alpha value is -1.34. The molecule has 0 bridgehead atoms. The molecule has 2 heterocycles. The fourth-order valence-corrected chi connectivity index (χ4v) is 3.29. The number of amides is 1. The normalized spacial score (nSPS) is 18.5. The second kappa shape index (κ2) is 8.67. The number of hydrogen-bond acceptors (Lipinski definition) is 6. The summed E-state index contributed by atoms with van der Waals surface area (Å²) < 4.78 is 5.48. The lowest BCUT2D eigenvalue weighted by molar-refractivity contribution is 0.0166. The fraction of sp³-hybridized carbons (Fsp3) is 0.706. The Morgan fingerprint density at radius 3 is 2.88 bits per heavy atom. The molecule has 0 saturated carbocycles. The fourth-order valence-electron chi connectivity index (χ4n) is 2.76. The van der Waals surface area contributed by atoms with Gasteiger partial charge in [-0.25, -0.2) is 9.78 Å². The van der Waals surface area contributed by atoms with Gasteiger partial charge < -0.3 is 15.0 Å². The zero-order valence-corrected chi connectivity index (χ0v) is 15.9. The molecule has 1 fully saturated rings. The molecule has 1 amide bonds. The second-order valence-electron chi connectivity index (χ2n) is 7.08. The third-order valence-electron chi connectivity index (χ3n) is 3.83. The van der Waals surface area contributed by atoms with Gasteiger partial charge in [0.15, 0.2) is 0 Å². The van der Waals surface area contributed by atoms with Gasteiger partial charge in [0.2, 0.25) is 0 Å². The number of likely N-dealkylation sites (tertiary alicyclic amines) is 1. The zero-order chi connectivity index (χ0) is 17.6. The molecular formula is C17H28N4O2S. The molecule has 0 aromatic carbocycles. The zero-order valence-electron chi connectivity index (χ0n) is 15.0. The molecule has 1 aliphatic heterocycles. The summed E-state index contributed by atoms with van der Waals surface area (Å²) in [7, 11) is 0. The average molecular weight is 353 g/mol. The van der Waals surface area contributed by atoms with Gasteiger partial charge >= 0.3 is 6.09 Å². The number of carbonyl (C=O) groups is 1. The van der Waals surface area contributed by atoms with Crippen molar-refractivity contribution >= 4 is 17.9 Å². The van der Waals surface area contributed by atoms with Crippen LogP contribution in [0.4, 0.5) is 4.79 Å². The Kier molecular flexibility index (Phi) is 6.86. The molecule has 7 heteroatoms. The van der Waals surface area contributed by atoms with Crippen molar-refractivity contribution in [3.05, 3.63) is 18.1 Å². The molecule has 2 rings (SSSR count). The van der Waals surface area contributed by atoms with E-state index in [4.69, 9.17) is 4.74 Å². The number of rotatable bonds is 5. The van der Waals surface area contributed by atoms with Gasteiger partial charge in [-0.3, -0.25) is 4.98 Å². The lowest BCUT2D eigenvalue weighted by atomic mass is 9.98. The minimum Gasteiger partial charge on any atom is -0.444 e. The quantitative estimate of drug-likeness (QED) is 0.822. The number of aromatic nitrogens is 2. The Balaban J connectivity index is 1.80. The molecule has 1 saturated heterocycles. The summed E-state index contributed by atoms with van der Waals surface area (Å²) in [5.74, 6) is 0.445. The highest BCUT2D eigenvalue weighted by Gasteiger charge is 2.27. The first kappa shape index (κ1) is 19.0. The lowest BCUT2D eigenvalue weighted by Gasteiger charge is -2.34. The first-order chi connectivity index (χ1) is 11.4. The van der Waals surface area contributed by atoms with Gasteiger partial charge in [0.1, 0.15) is 10.6 Å². The van der Waals surface area contributed by atoms with E-state index in [1.807, 2.05) is 31.9 Å². The third kappa shape index (κ3) is 5.94. The standard InChI is InChI=1S/C17H28N4O2S/c1-17(2,3)23-16(22)21-9-5-6-13(12-21)10-18-11-14-15(24-4)20-8-7-19-14/h7-8,13,18H,5-6,9-12H2,1-4H3/t13-/m0/s1. The molecule has 0 spiro atoms. The number of thioether (sulfide) groups is 1. The summed E-state index contributed by atoms with van der Waals surface area (Å²) in [6.07, 6.45) is 7.39. The van der Waals surface area contributed by atoms with E-state index in [2.05, 4.69) is 15.3 Å². The van der Waals surface area contributed by atoms with Crippen LogP contribution < -0.4 is 5.32 Å². The summed E-state index contributed by atoms with van der Waals surface area (Å²) in [4.78, 5) is 22.7. The Labute approximate surface area is 148 Å². The minimum atomic E-state index is -0.442. The van der Waals surface area contributed by atoms with Crippen molar-refractivity contribution in [2.45, 2.75) is 50.8 Å². The summed E-state index contributed by atoms with van der Waals surface area (Å²) in [5, 5.41) is 4.42. The molecule has 1 aromatic rings. The summed E-state index contributed by atoms with van der Waals surface area (Å²) in [5.41, 5.74) is 0.535. The maximum atomic E-state index is 12.2. The first-order valence-corrected chi connectivity index (χ1v) is 9.64. The monoisotopic (exact) mass is 352 g/mol. The Bertz CT molecular complexity index is 548. The molecular weight excluding hydrogens is 324 g/mol. The number of nitrogens with zero attached hydrogens (tertiary/aromatic N) is 3. The predicted octanol–water partition coefficient (Wildman–Crippen LogP) is 2.94. The van der Waals surface area contributed by atoms with Gasteiger partial charge in [-0.1, -0.05) is 0 Å². The van der Waals surface area contributed by atoms with Crippen molar-refractivity contribution in [3.8, 4) is 0 Å². The van der Waals surface area contributed by atoms with Crippen molar-refractivity contribution in [1.82, 2.24) is 20.2 Å². The second-order valence-corrected chi connectivity index (χ2v) is 7.87. The van der Waals surface area contributed by atoms with Crippen molar-refractivity contribution in [3.63, 3.8) is 0 Å². The molecule has 134 valence electrons. The SMILES string of the molecule is CSc1nccnc1CNC[C@@H]1CCCN(C(=O)OC(C)(C)C)C1. The largest absolute Gasteiger partial charge is 0.444 e. The van der Waals surface area contributed by atoms with Crippen LogP contribution in [0.3, 0.4) is 0 Å². The minimum absolute atomic E-state index is 0.203. The van der Waals surface area contributed by atoms with E-state index in [0.29, 0.717) is 12.5 Å². The highest BCUT2D eigenvalue weighted by molar-refractivity contribution is 7.98. The molecule has 0 aliphatic carbocycles. The highest BCUT2D eigenvalue weighted by Crippen LogP contribution is 2.19. The third-order valence-corrected chi connectivity index (χ3v) is 4.55. The molecule has 1 atom stereocenters. The van der Waals surface area contributed by atoms with Crippen LogP contribution in [0.25, 0.3) is 0 Å². The lowest BCUT2D eigenvalue weighted by Crippen LogP contribution is -2.45. The van der Waals surface area contributed by atoms with E-state index in [1.54, 1.807) is 24.2 Å². The first-order valence-electron chi connectivity index (χ1n) is 8.41. The van der Waals surface area contributed by atoms with Gasteiger partial charge in [0.25, 0.3) is 0 Å². The van der Waals surface area contributed by atoms with Crippen molar-refractivity contribution in [2.75, 3.05) is 25.9 Å². The van der Waals surface area contributed by atoms with Gasteiger partial charge in [-0.05, 0) is 45.8 Å². The van der Waals surface area contributed by atoms with Crippen LogP contribution in [0.2, 0.25) is 0 Å². The highest BCUT2D eigenvalue weighted by atomic mass is 32.2. The van der Waals surface area contributed by atoms with Crippen LogP contribution in [0.5, 0.6) is 0 Å². The van der Waals surface area contributed by atoms with Gasteiger partial charge in [0, 0.05) is 38.6 Å². The van der Waals surface area contributed by atoms with Gasteiger partial charge in [-0.15, -0.1) is 11.8 Å². The number of ether oxygens (including phenoxy) is 1. The maximum Gasteiger partial charge on any atom is 0.410 e. The van der Waals surface area contributed by atoms with E-state index in [9.17, 15) is 4.79 Å². The van der Waals surface area contributed by atoms with Gasteiger partial charge in [-0.2, -0.15) is 0 Å². The van der Waals surface area contributed by atoms with Crippen molar-refractivity contribution in [1.29, 1.82) is 0 Å². The van der Waals surface area contributed by atoms with E-state index >= 15 is 0 Å². The Morgan fingerprint density at radius 1 is 1.42 bits per heavy atom. The van der Waals surface area contributed by atoms with E-state index in [0.717, 1.165) is 43.2 Å². The van der Waals surface area contributed by atoms with E-state index in [1.165, 1.54) is 0 Å². The number of nitrogens with one attached hydrogen (secondary N) is 1. The van der Waals surface area contributed by atoms with Gasteiger partial charge in [0.05, 0.1) is 5.69 Å². The van der Waals surface area contributed by atoms with E-state index < -0.39 is 5.60 Å². The molecule has 24 heavy (non-hydrogen) atoms.